The average molecular weight is 346 g/mol. The van der Waals surface area contributed by atoms with Crippen molar-refractivity contribution in [2.24, 2.45) is 0 Å². The van der Waals surface area contributed by atoms with Crippen LogP contribution in [0.3, 0.4) is 0 Å². The molecule has 0 bridgehead atoms. The summed E-state index contributed by atoms with van der Waals surface area (Å²) in [6.07, 6.45) is -2.00. The Kier molecular flexibility index (Phi) is 5.21. The smallest absolute Gasteiger partial charge is 0.394 e. The molecule has 1 aromatic rings. The second-order valence-electron chi connectivity index (χ2n) is 4.77. The Hall–Kier alpha value is -1.73. The molecule has 1 aromatic heterocycles. The van der Waals surface area contributed by atoms with Crippen molar-refractivity contribution in [2.45, 2.75) is 31.8 Å². The Labute approximate surface area is 129 Å². The SMILES string of the molecule is CC#Cc1cn([C@H]2C[C@@H](OP(=O)(O)O)C(CO)O2)c(=O)[nH]c1=O. The molecule has 2 rings (SSSR count). The standard InChI is InChI=1S/C12H15N2O8P/c1-2-3-7-5-14(12(17)13-11(7)16)10-4-8(9(6-15)21-10)22-23(18,19)20/h5,8-10,15H,4,6H2,1H3,(H,13,16,17)(H2,18,19,20)/t8-,9?,10-/m1/s1. The molecule has 1 fully saturated rings. The fourth-order valence-corrected chi connectivity index (χ4v) is 2.82. The molecular formula is C12H15N2O8P. The first-order valence-electron chi connectivity index (χ1n) is 6.53. The van der Waals surface area contributed by atoms with Gasteiger partial charge in [0.1, 0.15) is 24.0 Å². The summed E-state index contributed by atoms with van der Waals surface area (Å²) in [7, 11) is -4.78. The van der Waals surface area contributed by atoms with Gasteiger partial charge in [0.2, 0.25) is 0 Å². The molecule has 23 heavy (non-hydrogen) atoms. The van der Waals surface area contributed by atoms with Gasteiger partial charge in [-0.05, 0) is 6.92 Å². The fourth-order valence-electron chi connectivity index (χ4n) is 2.25. The van der Waals surface area contributed by atoms with E-state index in [0.29, 0.717) is 0 Å². The van der Waals surface area contributed by atoms with Crippen molar-refractivity contribution < 1.29 is 28.7 Å². The van der Waals surface area contributed by atoms with E-state index in [9.17, 15) is 19.3 Å². The van der Waals surface area contributed by atoms with Gasteiger partial charge in [0.05, 0.1) is 6.61 Å². The molecule has 4 N–H and O–H groups in total. The third-order valence-corrected chi connectivity index (χ3v) is 3.72. The summed E-state index contributed by atoms with van der Waals surface area (Å²) < 4.78 is 21.9. The lowest BCUT2D eigenvalue weighted by molar-refractivity contribution is -0.0452. The zero-order valence-corrected chi connectivity index (χ0v) is 12.9. The first-order valence-corrected chi connectivity index (χ1v) is 8.06. The number of nitrogens with one attached hydrogen (secondary N) is 1. The monoisotopic (exact) mass is 346 g/mol. The highest BCUT2D eigenvalue weighted by molar-refractivity contribution is 7.46. The Balaban J connectivity index is 2.34. The van der Waals surface area contributed by atoms with Crippen LogP contribution < -0.4 is 11.2 Å². The maximum Gasteiger partial charge on any atom is 0.469 e. The molecule has 1 unspecified atom stereocenters. The molecule has 0 amide bonds. The lowest BCUT2D eigenvalue weighted by atomic mass is 10.2. The van der Waals surface area contributed by atoms with Gasteiger partial charge >= 0.3 is 13.5 Å². The van der Waals surface area contributed by atoms with Crippen molar-refractivity contribution in [3.63, 3.8) is 0 Å². The second kappa shape index (κ2) is 6.80. The molecule has 1 aliphatic heterocycles. The molecule has 0 radical (unpaired) electrons. The van der Waals surface area contributed by atoms with Crippen LogP contribution in [0.15, 0.2) is 15.8 Å². The highest BCUT2D eigenvalue weighted by atomic mass is 31.2. The number of H-pyrrole nitrogens is 1. The largest absolute Gasteiger partial charge is 0.469 e. The zero-order valence-electron chi connectivity index (χ0n) is 12.0. The lowest BCUT2D eigenvalue weighted by Gasteiger charge is -2.16. The molecule has 0 spiro atoms. The molecule has 1 saturated heterocycles. The number of hydrogen-bond donors (Lipinski definition) is 4. The molecule has 11 heteroatoms. The van der Waals surface area contributed by atoms with Crippen LogP contribution in [0.1, 0.15) is 25.1 Å². The van der Waals surface area contributed by atoms with E-state index >= 15 is 0 Å². The lowest BCUT2D eigenvalue weighted by Crippen LogP contribution is -2.33. The van der Waals surface area contributed by atoms with E-state index < -0.39 is 44.1 Å². The third-order valence-electron chi connectivity index (χ3n) is 3.17. The summed E-state index contributed by atoms with van der Waals surface area (Å²) in [6, 6.07) is 0. The molecule has 1 aliphatic rings. The van der Waals surface area contributed by atoms with Gasteiger partial charge in [0.15, 0.2) is 0 Å². The number of phosphoric ester groups is 1. The predicted molar refractivity (Wildman–Crippen MR) is 76.4 cm³/mol. The minimum absolute atomic E-state index is 0.0376. The van der Waals surface area contributed by atoms with Gasteiger partial charge in [0.25, 0.3) is 5.56 Å². The Morgan fingerprint density at radius 1 is 1.52 bits per heavy atom. The summed E-state index contributed by atoms with van der Waals surface area (Å²) in [5.74, 6) is 5.06. The van der Waals surface area contributed by atoms with Gasteiger partial charge in [-0.2, -0.15) is 0 Å². The molecule has 0 saturated carbocycles. The molecule has 2 heterocycles. The Bertz CT molecular complexity index is 798. The van der Waals surface area contributed by atoms with E-state index in [1.165, 1.54) is 13.1 Å². The number of hydrogen-bond acceptors (Lipinski definition) is 6. The minimum atomic E-state index is -4.78. The molecule has 10 nitrogen and oxygen atoms in total. The topological polar surface area (TPSA) is 151 Å². The fraction of sp³-hybridized carbons (Fsp3) is 0.500. The number of rotatable bonds is 4. The van der Waals surface area contributed by atoms with Crippen LogP contribution in [-0.2, 0) is 13.8 Å². The quantitative estimate of drug-likeness (QED) is 0.386. The van der Waals surface area contributed by atoms with Crippen molar-refractivity contribution in [1.29, 1.82) is 0 Å². The molecule has 0 aliphatic carbocycles. The van der Waals surface area contributed by atoms with E-state index in [1.807, 2.05) is 0 Å². The number of phosphoric acid groups is 1. The summed E-state index contributed by atoms with van der Waals surface area (Å²) in [5.41, 5.74) is -1.38. The van der Waals surface area contributed by atoms with Crippen molar-refractivity contribution in [1.82, 2.24) is 9.55 Å². The number of nitrogens with zero attached hydrogens (tertiary/aromatic N) is 1. The Morgan fingerprint density at radius 3 is 2.78 bits per heavy atom. The normalized spacial score (nSPS) is 24.3. The second-order valence-corrected chi connectivity index (χ2v) is 5.96. The van der Waals surface area contributed by atoms with Crippen molar-refractivity contribution in [3.8, 4) is 11.8 Å². The number of ether oxygens (including phenoxy) is 1. The summed E-state index contributed by atoms with van der Waals surface area (Å²) in [4.78, 5) is 43.3. The number of aromatic amines is 1. The predicted octanol–water partition coefficient (Wildman–Crippen LogP) is -1.33. The maximum absolute atomic E-state index is 11.9. The van der Waals surface area contributed by atoms with E-state index in [2.05, 4.69) is 21.3 Å². The van der Waals surface area contributed by atoms with Crippen molar-refractivity contribution >= 4 is 7.82 Å². The third kappa shape index (κ3) is 4.17. The molecule has 126 valence electrons. The van der Waals surface area contributed by atoms with Gasteiger partial charge in [0, 0.05) is 12.6 Å². The molecule has 3 atom stereocenters. The number of aliphatic hydroxyl groups is 1. The van der Waals surface area contributed by atoms with Crippen LogP contribution in [0.5, 0.6) is 0 Å². The number of aromatic nitrogens is 2. The number of aliphatic hydroxyl groups excluding tert-OH is 1. The van der Waals surface area contributed by atoms with Crippen LogP contribution >= 0.6 is 7.82 Å². The van der Waals surface area contributed by atoms with E-state index in [1.54, 1.807) is 0 Å². The van der Waals surface area contributed by atoms with Gasteiger partial charge in [-0.3, -0.25) is 18.9 Å². The molecular weight excluding hydrogens is 331 g/mol. The van der Waals surface area contributed by atoms with E-state index in [4.69, 9.17) is 14.5 Å². The van der Waals surface area contributed by atoms with Gasteiger partial charge in [-0.15, -0.1) is 5.92 Å². The van der Waals surface area contributed by atoms with E-state index in [0.717, 1.165) is 4.57 Å². The van der Waals surface area contributed by atoms with Crippen LogP contribution in [0.2, 0.25) is 0 Å². The van der Waals surface area contributed by atoms with E-state index in [-0.39, 0.29) is 12.0 Å². The first-order chi connectivity index (χ1) is 10.7. The van der Waals surface area contributed by atoms with Crippen LogP contribution in [0, 0.1) is 11.8 Å². The van der Waals surface area contributed by atoms with Crippen LogP contribution in [0.4, 0.5) is 0 Å². The zero-order chi connectivity index (χ0) is 17.2. The average Bonchev–Trinajstić information content (AvgIpc) is 2.82. The minimum Gasteiger partial charge on any atom is -0.394 e. The summed E-state index contributed by atoms with van der Waals surface area (Å²) in [6.45, 7) is 0.966. The maximum atomic E-state index is 11.9. The first kappa shape index (κ1) is 17.6. The van der Waals surface area contributed by atoms with Crippen molar-refractivity contribution in [3.05, 3.63) is 32.6 Å². The van der Waals surface area contributed by atoms with Crippen molar-refractivity contribution in [2.75, 3.05) is 6.61 Å². The summed E-state index contributed by atoms with van der Waals surface area (Å²) >= 11 is 0. The highest BCUT2D eigenvalue weighted by Crippen LogP contribution is 2.43. The van der Waals surface area contributed by atoms with Gasteiger partial charge in [-0.1, -0.05) is 5.92 Å². The summed E-state index contributed by atoms with van der Waals surface area (Å²) in [5, 5.41) is 9.22. The van der Waals surface area contributed by atoms with Gasteiger partial charge in [-0.25, -0.2) is 9.36 Å². The Morgan fingerprint density at radius 2 is 2.22 bits per heavy atom. The van der Waals surface area contributed by atoms with Gasteiger partial charge < -0.3 is 19.6 Å². The van der Waals surface area contributed by atoms with Crippen LogP contribution in [0.25, 0.3) is 0 Å². The molecule has 0 aromatic carbocycles. The highest BCUT2D eigenvalue weighted by Gasteiger charge is 2.40. The van der Waals surface area contributed by atoms with Crippen LogP contribution in [-0.4, -0.2) is 43.3 Å².